The second-order valence-electron chi connectivity index (χ2n) is 3.28. The van der Waals surface area contributed by atoms with E-state index in [1.54, 1.807) is 6.07 Å². The highest BCUT2D eigenvalue weighted by atomic mass is 79.9. The number of methoxy groups -OCH3 is 1. The molecule has 0 fully saturated rings. The fourth-order valence-corrected chi connectivity index (χ4v) is 1.69. The summed E-state index contributed by atoms with van der Waals surface area (Å²) >= 11 is 2.80. The Morgan fingerprint density at radius 1 is 1.20 bits per heavy atom. The van der Waals surface area contributed by atoms with Gasteiger partial charge in [-0.3, -0.25) is 0 Å². The van der Waals surface area contributed by atoms with Gasteiger partial charge in [0, 0.05) is 0 Å². The van der Waals surface area contributed by atoms with Gasteiger partial charge in [0.2, 0.25) is 5.82 Å². The predicted octanol–water partition coefficient (Wildman–Crippen LogP) is 2.97. The van der Waals surface area contributed by atoms with Gasteiger partial charge in [-0.05, 0) is 22.0 Å². The molecule has 100 valence electrons. The molecule has 1 aromatic carbocycles. The Bertz CT molecular complexity index is 694. The topological polar surface area (TPSA) is 92.6 Å². The van der Waals surface area contributed by atoms with Gasteiger partial charge in [0.05, 0.1) is 17.3 Å². The summed E-state index contributed by atoms with van der Waals surface area (Å²) in [5, 5.41) is 28.6. The van der Waals surface area contributed by atoms with Crippen molar-refractivity contribution in [2.75, 3.05) is 12.4 Å². The summed E-state index contributed by atoms with van der Waals surface area (Å²) < 4.78 is 31.5. The highest BCUT2D eigenvalue weighted by Crippen LogP contribution is 2.35. The molecule has 0 atom stereocenters. The third kappa shape index (κ3) is 2.85. The summed E-state index contributed by atoms with van der Waals surface area (Å²) in [6.07, 6.45) is 0. The summed E-state index contributed by atoms with van der Waals surface area (Å²) in [5.41, 5.74) is -0.987. The first-order chi connectivity index (χ1) is 9.49. The highest BCUT2D eigenvalue weighted by molar-refractivity contribution is 9.10. The van der Waals surface area contributed by atoms with Crippen molar-refractivity contribution in [2.24, 2.45) is 0 Å². The molecule has 0 aromatic heterocycles. The molecule has 5 nitrogen and oxygen atoms in total. The molecular weight excluding hydrogens is 334 g/mol. The van der Waals surface area contributed by atoms with Crippen LogP contribution in [0.2, 0.25) is 0 Å². The van der Waals surface area contributed by atoms with Crippen molar-refractivity contribution in [3.8, 4) is 24.0 Å². The Hall–Kier alpha value is -2.63. The zero-order valence-corrected chi connectivity index (χ0v) is 11.5. The quantitative estimate of drug-likeness (QED) is 0.675. The number of hydrogen-bond donors (Lipinski definition) is 1. The average molecular weight is 339 g/mol. The molecule has 0 amide bonds. The fourth-order valence-electron chi connectivity index (χ4n) is 1.29. The van der Waals surface area contributed by atoms with Gasteiger partial charge in [-0.2, -0.15) is 20.2 Å². The van der Waals surface area contributed by atoms with Crippen molar-refractivity contribution >= 4 is 21.6 Å². The van der Waals surface area contributed by atoms with E-state index < -0.39 is 28.7 Å². The van der Waals surface area contributed by atoms with Crippen molar-refractivity contribution in [1.82, 2.24) is 0 Å². The maximum atomic E-state index is 13.6. The van der Waals surface area contributed by atoms with E-state index in [1.807, 2.05) is 0 Å². The Kier molecular flexibility index (Phi) is 5.02. The minimum absolute atomic E-state index is 0.0992. The van der Waals surface area contributed by atoms with E-state index in [-0.39, 0.29) is 10.2 Å². The minimum Gasteiger partial charge on any atom is -0.491 e. The van der Waals surface area contributed by atoms with Gasteiger partial charge >= 0.3 is 0 Å². The lowest BCUT2D eigenvalue weighted by Gasteiger charge is -2.12. The number of benzene rings is 1. The Balaban J connectivity index is 3.45. The first-order valence-electron chi connectivity index (χ1n) is 4.93. The molecule has 0 heterocycles. The smallest absolute Gasteiger partial charge is 0.203 e. The molecule has 0 aliphatic carbocycles. The highest BCUT2D eigenvalue weighted by Gasteiger charge is 2.19. The van der Waals surface area contributed by atoms with Crippen LogP contribution < -0.4 is 10.1 Å². The van der Waals surface area contributed by atoms with Gasteiger partial charge in [-0.25, -0.2) is 4.39 Å². The predicted molar refractivity (Wildman–Crippen MR) is 68.1 cm³/mol. The van der Waals surface area contributed by atoms with Gasteiger partial charge in [-0.1, -0.05) is 0 Å². The molecule has 0 bridgehead atoms. The SMILES string of the molecule is COc1c(NC(C#N)=C(C#N)C#N)cc(Br)c(F)c1F. The Labute approximate surface area is 121 Å². The molecular formula is C12H5BrF2N4O. The maximum absolute atomic E-state index is 13.6. The van der Waals surface area contributed by atoms with Gasteiger partial charge in [-0.15, -0.1) is 0 Å². The molecule has 0 saturated heterocycles. The van der Waals surface area contributed by atoms with E-state index in [1.165, 1.54) is 12.1 Å². The van der Waals surface area contributed by atoms with Crippen LogP contribution in [0.4, 0.5) is 14.5 Å². The summed E-state index contributed by atoms with van der Waals surface area (Å²) in [6, 6.07) is 5.75. The standard InChI is InChI=1S/C12H5BrF2N4O/c1-20-12-8(2-7(13)10(14)11(12)15)19-9(5-18)6(3-16)4-17/h2,19H,1H3. The van der Waals surface area contributed by atoms with Crippen molar-refractivity contribution in [1.29, 1.82) is 15.8 Å². The molecule has 0 aliphatic rings. The number of ether oxygens (including phenoxy) is 1. The summed E-state index contributed by atoms with van der Waals surface area (Å²) in [5.74, 6) is -2.90. The third-order valence-electron chi connectivity index (χ3n) is 2.17. The minimum atomic E-state index is -1.27. The number of hydrogen-bond acceptors (Lipinski definition) is 5. The monoisotopic (exact) mass is 338 g/mol. The van der Waals surface area contributed by atoms with Crippen molar-refractivity contribution < 1.29 is 13.5 Å². The molecule has 20 heavy (non-hydrogen) atoms. The van der Waals surface area contributed by atoms with E-state index in [2.05, 4.69) is 21.2 Å². The molecule has 0 unspecified atom stereocenters. The van der Waals surface area contributed by atoms with Crippen LogP contribution in [0.25, 0.3) is 0 Å². The molecule has 0 aliphatic heterocycles. The molecule has 1 aromatic rings. The molecule has 0 saturated carbocycles. The second kappa shape index (κ2) is 6.51. The van der Waals surface area contributed by atoms with Crippen LogP contribution in [0.3, 0.4) is 0 Å². The molecule has 0 spiro atoms. The first-order valence-corrected chi connectivity index (χ1v) is 5.72. The zero-order valence-electron chi connectivity index (χ0n) is 9.96. The molecule has 1 rings (SSSR count). The number of halogens is 3. The van der Waals surface area contributed by atoms with Crippen LogP contribution in [-0.4, -0.2) is 7.11 Å². The lowest BCUT2D eigenvalue weighted by atomic mass is 10.2. The van der Waals surface area contributed by atoms with E-state index in [0.717, 1.165) is 13.2 Å². The third-order valence-corrected chi connectivity index (χ3v) is 2.74. The van der Waals surface area contributed by atoms with Gasteiger partial charge in [0.25, 0.3) is 0 Å². The number of allylic oxidation sites excluding steroid dienone is 2. The van der Waals surface area contributed by atoms with E-state index in [4.69, 9.17) is 20.5 Å². The number of nitriles is 3. The van der Waals surface area contributed by atoms with Gasteiger partial charge < -0.3 is 10.1 Å². The number of nitrogens with one attached hydrogen (secondary N) is 1. The molecule has 1 N–H and O–H groups in total. The van der Waals surface area contributed by atoms with Crippen LogP contribution in [0.5, 0.6) is 5.75 Å². The summed E-state index contributed by atoms with van der Waals surface area (Å²) in [7, 11) is 1.11. The molecule has 8 heteroatoms. The first kappa shape index (κ1) is 15.4. The van der Waals surface area contributed by atoms with Crippen LogP contribution in [0.1, 0.15) is 0 Å². The summed E-state index contributed by atoms with van der Waals surface area (Å²) in [4.78, 5) is 0. The van der Waals surface area contributed by atoms with Crippen LogP contribution in [0.15, 0.2) is 21.8 Å². The normalized spacial score (nSPS) is 8.85. The fraction of sp³-hybridized carbons (Fsp3) is 0.0833. The lowest BCUT2D eigenvalue weighted by molar-refractivity contribution is 0.373. The van der Waals surface area contributed by atoms with Gasteiger partial charge in [0.1, 0.15) is 23.9 Å². The van der Waals surface area contributed by atoms with E-state index in [0.29, 0.717) is 0 Å². The Morgan fingerprint density at radius 2 is 1.80 bits per heavy atom. The van der Waals surface area contributed by atoms with E-state index >= 15 is 0 Å². The zero-order chi connectivity index (χ0) is 15.3. The Morgan fingerprint density at radius 3 is 2.25 bits per heavy atom. The molecule has 0 radical (unpaired) electrons. The number of nitrogens with zero attached hydrogens (tertiary/aromatic N) is 3. The lowest BCUT2D eigenvalue weighted by Crippen LogP contribution is -2.05. The van der Waals surface area contributed by atoms with Crippen LogP contribution >= 0.6 is 15.9 Å². The van der Waals surface area contributed by atoms with Crippen molar-refractivity contribution in [3.63, 3.8) is 0 Å². The van der Waals surface area contributed by atoms with E-state index in [9.17, 15) is 8.78 Å². The maximum Gasteiger partial charge on any atom is 0.203 e. The van der Waals surface area contributed by atoms with Crippen LogP contribution in [-0.2, 0) is 0 Å². The van der Waals surface area contributed by atoms with Gasteiger partial charge in [0.15, 0.2) is 17.1 Å². The largest absolute Gasteiger partial charge is 0.491 e. The number of anilines is 1. The van der Waals surface area contributed by atoms with Crippen LogP contribution in [0, 0.1) is 45.6 Å². The van der Waals surface area contributed by atoms with Crippen molar-refractivity contribution in [3.05, 3.63) is 33.4 Å². The van der Waals surface area contributed by atoms with Crippen molar-refractivity contribution in [2.45, 2.75) is 0 Å². The summed E-state index contributed by atoms with van der Waals surface area (Å²) in [6.45, 7) is 0. The average Bonchev–Trinajstić information content (AvgIpc) is 2.45. The number of rotatable bonds is 3. The second-order valence-corrected chi connectivity index (χ2v) is 4.13.